The lowest BCUT2D eigenvalue weighted by Gasteiger charge is -2.13. The third-order valence-corrected chi connectivity index (χ3v) is 7.33. The summed E-state index contributed by atoms with van der Waals surface area (Å²) in [7, 11) is 0. The number of aromatic nitrogens is 4. The Hall–Kier alpha value is -2.73. The number of ether oxygens (including phenoxy) is 2. The van der Waals surface area contributed by atoms with Gasteiger partial charge in [-0.3, -0.25) is 5.41 Å². The van der Waals surface area contributed by atoms with Gasteiger partial charge in [-0.2, -0.15) is 0 Å². The number of halogens is 1. The third kappa shape index (κ3) is 3.97. The van der Waals surface area contributed by atoms with Gasteiger partial charge < -0.3 is 29.0 Å². The van der Waals surface area contributed by atoms with Crippen molar-refractivity contribution in [1.82, 2.24) is 24.4 Å². The molecule has 1 aromatic carbocycles. The van der Waals surface area contributed by atoms with E-state index in [-0.39, 0.29) is 12.3 Å². The zero-order valence-corrected chi connectivity index (χ0v) is 18.7. The monoisotopic (exact) mass is 506 g/mol. The molecule has 2 aliphatic rings. The van der Waals surface area contributed by atoms with E-state index < -0.39 is 6.09 Å². The van der Waals surface area contributed by atoms with Crippen molar-refractivity contribution in [1.29, 1.82) is 5.41 Å². The molecule has 0 spiro atoms. The molecule has 0 unspecified atom stereocenters. The van der Waals surface area contributed by atoms with E-state index in [0.717, 1.165) is 22.2 Å². The Labute approximate surface area is 189 Å². The van der Waals surface area contributed by atoms with Crippen LogP contribution in [0.15, 0.2) is 33.0 Å². The number of benzene rings is 1. The summed E-state index contributed by atoms with van der Waals surface area (Å²) < 4.78 is 13.6. The van der Waals surface area contributed by atoms with Crippen LogP contribution in [0.3, 0.4) is 0 Å². The second-order valence-electron chi connectivity index (χ2n) is 7.44. The van der Waals surface area contributed by atoms with Gasteiger partial charge in [0, 0.05) is 29.0 Å². The average Bonchev–Trinajstić information content (AvgIpc) is 3.47. The Morgan fingerprint density at radius 2 is 2.19 bits per heavy atom. The maximum absolute atomic E-state index is 11.1. The fourth-order valence-electron chi connectivity index (χ4n) is 3.82. The van der Waals surface area contributed by atoms with Crippen LogP contribution in [0.2, 0.25) is 0 Å². The third-order valence-electron chi connectivity index (χ3n) is 5.47. The number of fused-ring (bicyclic) bond motifs is 2. The molecule has 10 nitrogen and oxygen atoms in total. The van der Waals surface area contributed by atoms with Gasteiger partial charge in [0.15, 0.2) is 27.8 Å². The molecule has 1 saturated heterocycles. The Bertz CT molecular complexity index is 1230. The fraction of sp³-hybridized carbons (Fsp3) is 0.368. The van der Waals surface area contributed by atoms with E-state index in [9.17, 15) is 4.79 Å². The van der Waals surface area contributed by atoms with Gasteiger partial charge in [0.25, 0.3) is 0 Å². The first kappa shape index (κ1) is 20.2. The lowest BCUT2D eigenvalue weighted by molar-refractivity contribution is 0.153. The zero-order valence-electron chi connectivity index (χ0n) is 16.3. The Balaban J connectivity index is 1.37. The summed E-state index contributed by atoms with van der Waals surface area (Å²) in [6.45, 7) is 2.00. The molecule has 5 rings (SSSR count). The molecule has 0 bridgehead atoms. The number of aromatic amines is 1. The minimum Gasteiger partial charge on any atom is -0.465 e. The first-order valence-corrected chi connectivity index (χ1v) is 11.3. The summed E-state index contributed by atoms with van der Waals surface area (Å²) in [6, 6.07) is 3.76. The molecule has 12 heteroatoms. The molecule has 0 radical (unpaired) electrons. The van der Waals surface area contributed by atoms with Crippen LogP contribution >= 0.6 is 27.7 Å². The smallest absolute Gasteiger partial charge is 0.407 e. The van der Waals surface area contributed by atoms with Crippen LogP contribution in [-0.2, 0) is 6.54 Å². The molecule has 0 aliphatic carbocycles. The van der Waals surface area contributed by atoms with Gasteiger partial charge >= 0.3 is 6.09 Å². The van der Waals surface area contributed by atoms with Crippen molar-refractivity contribution in [3.05, 3.63) is 28.4 Å². The number of H-pyrrole nitrogens is 1. The number of aryl methyl sites for hydroxylation is 1. The van der Waals surface area contributed by atoms with Crippen LogP contribution in [0.25, 0.3) is 11.2 Å². The number of amides is 1. The van der Waals surface area contributed by atoms with Gasteiger partial charge in [-0.05, 0) is 46.8 Å². The molecule has 31 heavy (non-hydrogen) atoms. The van der Waals surface area contributed by atoms with Gasteiger partial charge in [-0.25, -0.2) is 14.8 Å². The van der Waals surface area contributed by atoms with Crippen LogP contribution < -0.4 is 15.0 Å². The number of likely N-dealkylation sites (tertiary alicyclic amines) is 1. The molecule has 4 heterocycles. The maximum Gasteiger partial charge on any atom is 0.407 e. The lowest BCUT2D eigenvalue weighted by Crippen LogP contribution is -2.26. The molecule has 3 N–H and O–H groups in total. The molecular formula is C19H19BrN6O4S. The number of carboxylic acid groups (broad SMARTS) is 1. The van der Waals surface area contributed by atoms with Crippen LogP contribution in [0.1, 0.15) is 12.8 Å². The number of hydrogen-bond donors (Lipinski definition) is 3. The van der Waals surface area contributed by atoms with E-state index in [1.807, 2.05) is 16.7 Å². The van der Waals surface area contributed by atoms with E-state index in [1.54, 1.807) is 6.33 Å². The highest BCUT2D eigenvalue weighted by molar-refractivity contribution is 9.10. The molecule has 1 amide bonds. The number of rotatable bonds is 5. The Kier molecular flexibility index (Phi) is 5.26. The molecule has 1 atom stereocenters. The molecule has 2 aromatic heterocycles. The highest BCUT2D eigenvalue weighted by atomic mass is 79.9. The molecule has 3 aromatic rings. The van der Waals surface area contributed by atoms with Gasteiger partial charge in [0.1, 0.15) is 5.52 Å². The predicted molar refractivity (Wildman–Crippen MR) is 114 cm³/mol. The van der Waals surface area contributed by atoms with Crippen molar-refractivity contribution in [2.45, 2.75) is 29.4 Å². The highest BCUT2D eigenvalue weighted by Gasteiger charge is 2.26. The van der Waals surface area contributed by atoms with Gasteiger partial charge in [-0.15, -0.1) is 0 Å². The minimum atomic E-state index is -0.860. The van der Waals surface area contributed by atoms with E-state index in [1.165, 1.54) is 16.7 Å². The summed E-state index contributed by atoms with van der Waals surface area (Å²) in [5.74, 6) is 1.70. The van der Waals surface area contributed by atoms with Gasteiger partial charge in [-0.1, -0.05) is 11.8 Å². The largest absolute Gasteiger partial charge is 0.465 e. The molecular weight excluding hydrogens is 488 g/mol. The van der Waals surface area contributed by atoms with E-state index >= 15 is 0 Å². The summed E-state index contributed by atoms with van der Waals surface area (Å²) in [5.41, 5.74) is 1.36. The summed E-state index contributed by atoms with van der Waals surface area (Å²) in [5, 5.41) is 17.9. The fourth-order valence-corrected chi connectivity index (χ4v) is 5.20. The topological polar surface area (TPSA) is 129 Å². The lowest BCUT2D eigenvalue weighted by atomic mass is 10.1. The molecule has 2 aliphatic heterocycles. The van der Waals surface area contributed by atoms with E-state index in [2.05, 4.69) is 25.9 Å². The van der Waals surface area contributed by atoms with Crippen molar-refractivity contribution in [2.24, 2.45) is 5.92 Å². The van der Waals surface area contributed by atoms with E-state index in [4.69, 9.17) is 25.0 Å². The van der Waals surface area contributed by atoms with Gasteiger partial charge in [0.05, 0.1) is 6.33 Å². The normalized spacial score (nSPS) is 17.6. The zero-order chi connectivity index (χ0) is 21.5. The van der Waals surface area contributed by atoms with Crippen molar-refractivity contribution in [3.63, 3.8) is 0 Å². The predicted octanol–water partition coefficient (Wildman–Crippen LogP) is 3.27. The molecule has 0 saturated carbocycles. The van der Waals surface area contributed by atoms with Crippen molar-refractivity contribution >= 4 is 44.9 Å². The van der Waals surface area contributed by atoms with Crippen molar-refractivity contribution < 1.29 is 19.4 Å². The van der Waals surface area contributed by atoms with Gasteiger partial charge in [0.2, 0.25) is 6.79 Å². The number of imidazole rings is 1. The Morgan fingerprint density at radius 1 is 1.39 bits per heavy atom. The Morgan fingerprint density at radius 3 is 2.97 bits per heavy atom. The quantitative estimate of drug-likeness (QED) is 0.484. The van der Waals surface area contributed by atoms with E-state index in [0.29, 0.717) is 53.4 Å². The summed E-state index contributed by atoms with van der Waals surface area (Å²) in [6.07, 6.45) is 2.45. The molecule has 1 fully saturated rings. The molecule has 162 valence electrons. The maximum atomic E-state index is 11.1. The number of nitrogens with zero attached hydrogens (tertiary/aromatic N) is 4. The average molecular weight is 507 g/mol. The number of hydrogen-bond acceptors (Lipinski definition) is 7. The first-order chi connectivity index (χ1) is 15.0. The second-order valence-corrected chi connectivity index (χ2v) is 9.32. The van der Waals surface area contributed by atoms with Crippen LogP contribution in [-0.4, -0.2) is 55.5 Å². The summed E-state index contributed by atoms with van der Waals surface area (Å²) >= 11 is 4.98. The minimum absolute atomic E-state index is 0.133. The standard InChI is InChI=1S/C19H19BrN6O4S/c20-11-5-12-13(30-9-29-12)6-14(11)31-18-23-15-16(21)22-8-26(17(15)24-18)4-2-10-1-3-25(7-10)19(27)28/h5-6,8,10,21H,1-4,7,9H2,(H,23,24)(H,27,28)/t10-/m1/s1. The number of carbonyl (C=O) groups is 1. The number of nitrogens with one attached hydrogen (secondary N) is 2. The summed E-state index contributed by atoms with van der Waals surface area (Å²) in [4.78, 5) is 25.6. The van der Waals surface area contributed by atoms with Crippen LogP contribution in [0.4, 0.5) is 4.79 Å². The van der Waals surface area contributed by atoms with Crippen LogP contribution in [0, 0.1) is 11.3 Å². The van der Waals surface area contributed by atoms with Crippen molar-refractivity contribution in [3.8, 4) is 11.5 Å². The van der Waals surface area contributed by atoms with Crippen molar-refractivity contribution in [2.75, 3.05) is 19.9 Å². The first-order valence-electron chi connectivity index (χ1n) is 9.72. The second kappa shape index (κ2) is 8.08. The SMILES string of the molecule is N=c1ncn(CC[C@H]2CCN(C(=O)O)C2)c2nc(Sc3cc4c(cc3Br)OCO4)[nH]c12. The highest BCUT2D eigenvalue weighted by Crippen LogP contribution is 2.42. The van der Waals surface area contributed by atoms with Crippen LogP contribution in [0.5, 0.6) is 11.5 Å².